The summed E-state index contributed by atoms with van der Waals surface area (Å²) in [5.41, 5.74) is 0.683. The number of carbonyl (C=O) groups is 1. The van der Waals surface area contributed by atoms with E-state index in [-0.39, 0.29) is 11.7 Å². The lowest BCUT2D eigenvalue weighted by Crippen LogP contribution is -2.15. The second kappa shape index (κ2) is 5.24. The van der Waals surface area contributed by atoms with Gasteiger partial charge in [-0.1, -0.05) is 31.0 Å². The Morgan fingerprint density at radius 3 is 2.81 bits per heavy atom. The van der Waals surface area contributed by atoms with Crippen molar-refractivity contribution in [2.75, 3.05) is 0 Å². The van der Waals surface area contributed by atoms with Gasteiger partial charge in [0.15, 0.2) is 0 Å². The molecule has 0 spiro atoms. The Morgan fingerprint density at radius 2 is 2.00 bits per heavy atom. The van der Waals surface area contributed by atoms with Crippen LogP contribution in [0.25, 0.3) is 0 Å². The molecule has 86 valence electrons. The molecule has 16 heavy (non-hydrogen) atoms. The molecule has 0 N–H and O–H groups in total. The molecule has 1 aromatic rings. The Kier molecular flexibility index (Phi) is 3.70. The highest BCUT2D eigenvalue weighted by molar-refractivity contribution is 5.81. The molecule has 0 bridgehead atoms. The third-order valence-electron chi connectivity index (χ3n) is 3.36. The highest BCUT2D eigenvalue weighted by atomic mass is 19.1. The van der Waals surface area contributed by atoms with Gasteiger partial charge in [-0.25, -0.2) is 4.39 Å². The minimum atomic E-state index is -0.181. The summed E-state index contributed by atoms with van der Waals surface area (Å²) in [5.74, 6) is 0.180. The fourth-order valence-electron chi connectivity index (χ4n) is 2.38. The molecule has 0 amide bonds. The van der Waals surface area contributed by atoms with Crippen LogP contribution in [0, 0.1) is 11.7 Å². The zero-order valence-corrected chi connectivity index (χ0v) is 9.42. The number of halogens is 1. The number of rotatable bonds is 2. The van der Waals surface area contributed by atoms with Crippen molar-refractivity contribution >= 4 is 5.78 Å². The van der Waals surface area contributed by atoms with Gasteiger partial charge in [0.2, 0.25) is 0 Å². The topological polar surface area (TPSA) is 17.1 Å². The lowest BCUT2D eigenvalue weighted by atomic mass is 9.91. The van der Waals surface area contributed by atoms with Crippen LogP contribution in [-0.4, -0.2) is 5.78 Å². The predicted molar refractivity (Wildman–Crippen MR) is 61.7 cm³/mol. The van der Waals surface area contributed by atoms with E-state index in [9.17, 15) is 9.18 Å². The fourth-order valence-corrected chi connectivity index (χ4v) is 2.38. The molecule has 1 aromatic carbocycles. The highest BCUT2D eigenvalue weighted by Gasteiger charge is 2.21. The number of hydrogen-bond donors (Lipinski definition) is 0. The van der Waals surface area contributed by atoms with Crippen LogP contribution < -0.4 is 0 Å². The first kappa shape index (κ1) is 11.3. The third kappa shape index (κ3) is 2.69. The van der Waals surface area contributed by atoms with E-state index in [1.54, 1.807) is 12.1 Å². The molecule has 0 aliphatic heterocycles. The second-order valence-electron chi connectivity index (χ2n) is 4.56. The molecule has 0 saturated heterocycles. The third-order valence-corrected chi connectivity index (χ3v) is 3.36. The number of Topliss-reactive ketones (excluding diaryl/α,β-unsaturated/α-hetero) is 1. The van der Waals surface area contributed by atoms with Crippen LogP contribution in [0.15, 0.2) is 24.3 Å². The van der Waals surface area contributed by atoms with Crippen molar-refractivity contribution in [1.82, 2.24) is 0 Å². The van der Waals surface area contributed by atoms with Crippen LogP contribution >= 0.6 is 0 Å². The maximum atomic E-state index is 13.5. The van der Waals surface area contributed by atoms with Gasteiger partial charge in [-0.05, 0) is 30.9 Å². The molecule has 0 heterocycles. The van der Waals surface area contributed by atoms with Crippen LogP contribution in [0.2, 0.25) is 0 Å². The normalized spacial score (nSPS) is 21.8. The van der Waals surface area contributed by atoms with Gasteiger partial charge in [0.25, 0.3) is 0 Å². The molecule has 0 radical (unpaired) electrons. The monoisotopic (exact) mass is 220 g/mol. The lowest BCUT2D eigenvalue weighted by molar-refractivity contribution is -0.122. The van der Waals surface area contributed by atoms with Gasteiger partial charge in [-0.15, -0.1) is 0 Å². The van der Waals surface area contributed by atoms with Gasteiger partial charge in [-0.2, -0.15) is 0 Å². The zero-order valence-electron chi connectivity index (χ0n) is 9.42. The molecular formula is C14H17FO. The molecule has 2 rings (SSSR count). The van der Waals surface area contributed by atoms with Crippen molar-refractivity contribution in [3.05, 3.63) is 35.6 Å². The molecule has 1 atom stereocenters. The lowest BCUT2D eigenvalue weighted by Gasteiger charge is -2.13. The standard InChI is InChI=1S/C14H17FO/c15-13-8-5-4-6-11(13)10-12-7-2-1-3-9-14(12)16/h4-6,8,12H,1-3,7,9-10H2. The van der Waals surface area contributed by atoms with E-state index in [1.807, 2.05) is 6.07 Å². The summed E-state index contributed by atoms with van der Waals surface area (Å²) in [7, 11) is 0. The van der Waals surface area contributed by atoms with Gasteiger partial charge >= 0.3 is 0 Å². The van der Waals surface area contributed by atoms with Gasteiger partial charge in [0.05, 0.1) is 0 Å². The smallest absolute Gasteiger partial charge is 0.136 e. The summed E-state index contributed by atoms with van der Waals surface area (Å²) >= 11 is 0. The predicted octanol–water partition coefficient (Wildman–Crippen LogP) is 3.52. The molecule has 2 heteroatoms. The highest BCUT2D eigenvalue weighted by Crippen LogP contribution is 2.24. The minimum Gasteiger partial charge on any atom is -0.299 e. The van der Waals surface area contributed by atoms with Crippen molar-refractivity contribution in [3.63, 3.8) is 0 Å². The molecule has 1 saturated carbocycles. The van der Waals surface area contributed by atoms with E-state index in [0.29, 0.717) is 24.2 Å². The largest absolute Gasteiger partial charge is 0.299 e. The minimum absolute atomic E-state index is 0.0411. The molecule has 1 fully saturated rings. The molecule has 1 aliphatic carbocycles. The van der Waals surface area contributed by atoms with E-state index < -0.39 is 0 Å². The van der Waals surface area contributed by atoms with E-state index in [1.165, 1.54) is 6.07 Å². The first-order chi connectivity index (χ1) is 7.77. The van der Waals surface area contributed by atoms with Crippen molar-refractivity contribution in [2.45, 2.75) is 38.5 Å². The van der Waals surface area contributed by atoms with Gasteiger partial charge in [0, 0.05) is 12.3 Å². The number of benzene rings is 1. The summed E-state index contributed by atoms with van der Waals surface area (Å²) in [6, 6.07) is 6.78. The van der Waals surface area contributed by atoms with Crippen LogP contribution in [0.1, 0.15) is 37.7 Å². The first-order valence-electron chi connectivity index (χ1n) is 6.03. The summed E-state index contributed by atoms with van der Waals surface area (Å²) in [6.45, 7) is 0. The molecule has 0 aromatic heterocycles. The Balaban J connectivity index is 2.08. The van der Waals surface area contributed by atoms with Crippen molar-refractivity contribution < 1.29 is 9.18 Å². The quantitative estimate of drug-likeness (QED) is 0.697. The van der Waals surface area contributed by atoms with E-state index in [2.05, 4.69) is 0 Å². The van der Waals surface area contributed by atoms with E-state index in [4.69, 9.17) is 0 Å². The zero-order chi connectivity index (χ0) is 11.4. The van der Waals surface area contributed by atoms with E-state index in [0.717, 1.165) is 25.7 Å². The van der Waals surface area contributed by atoms with Crippen LogP contribution in [0.4, 0.5) is 4.39 Å². The Hall–Kier alpha value is -1.18. The number of carbonyl (C=O) groups excluding carboxylic acids is 1. The molecule has 1 aliphatic rings. The maximum absolute atomic E-state index is 13.5. The summed E-state index contributed by atoms with van der Waals surface area (Å²) in [6.07, 6.45) is 5.43. The average molecular weight is 220 g/mol. The van der Waals surface area contributed by atoms with Gasteiger partial charge < -0.3 is 0 Å². The molecule has 1 nitrogen and oxygen atoms in total. The van der Waals surface area contributed by atoms with Gasteiger partial charge in [0.1, 0.15) is 11.6 Å². The summed E-state index contributed by atoms with van der Waals surface area (Å²) < 4.78 is 13.5. The summed E-state index contributed by atoms with van der Waals surface area (Å²) in [5, 5.41) is 0. The fraction of sp³-hybridized carbons (Fsp3) is 0.500. The van der Waals surface area contributed by atoms with Crippen molar-refractivity contribution in [2.24, 2.45) is 5.92 Å². The van der Waals surface area contributed by atoms with Crippen molar-refractivity contribution in [1.29, 1.82) is 0 Å². The number of hydrogen-bond acceptors (Lipinski definition) is 1. The van der Waals surface area contributed by atoms with Crippen LogP contribution in [0.5, 0.6) is 0 Å². The SMILES string of the molecule is O=C1CCCCCC1Cc1ccccc1F. The number of ketones is 1. The van der Waals surface area contributed by atoms with E-state index >= 15 is 0 Å². The average Bonchev–Trinajstić information content (AvgIpc) is 2.48. The Bertz CT molecular complexity index is 373. The molecule has 1 unspecified atom stereocenters. The first-order valence-corrected chi connectivity index (χ1v) is 6.03. The van der Waals surface area contributed by atoms with Crippen LogP contribution in [-0.2, 0) is 11.2 Å². The Morgan fingerprint density at radius 1 is 1.19 bits per heavy atom. The van der Waals surface area contributed by atoms with Gasteiger partial charge in [-0.3, -0.25) is 4.79 Å². The van der Waals surface area contributed by atoms with Crippen molar-refractivity contribution in [3.8, 4) is 0 Å². The maximum Gasteiger partial charge on any atom is 0.136 e. The summed E-state index contributed by atoms with van der Waals surface area (Å²) in [4.78, 5) is 11.8. The Labute approximate surface area is 95.7 Å². The van der Waals surface area contributed by atoms with Crippen LogP contribution in [0.3, 0.4) is 0 Å². The molecular weight excluding hydrogens is 203 g/mol. The second-order valence-corrected chi connectivity index (χ2v) is 4.56.